The molecule has 0 spiro atoms. The van der Waals surface area contributed by atoms with Crippen LogP contribution in [-0.2, 0) is 4.79 Å². The maximum atomic E-state index is 12.0. The van der Waals surface area contributed by atoms with E-state index < -0.39 is 11.9 Å². The summed E-state index contributed by atoms with van der Waals surface area (Å²) in [6.45, 7) is 5.64. The number of likely N-dealkylation sites (N-methyl/N-ethyl adjacent to an activating group) is 2. The summed E-state index contributed by atoms with van der Waals surface area (Å²) in [5.41, 5.74) is 0. The first kappa shape index (κ1) is 16.8. The van der Waals surface area contributed by atoms with Gasteiger partial charge < -0.3 is 20.2 Å². The molecule has 1 aliphatic heterocycles. The largest absolute Gasteiger partial charge is 0.481 e. The minimum Gasteiger partial charge on any atom is -0.481 e. The maximum Gasteiger partial charge on any atom is 0.317 e. The molecule has 0 aromatic heterocycles. The van der Waals surface area contributed by atoms with Crippen molar-refractivity contribution in [1.29, 1.82) is 0 Å². The van der Waals surface area contributed by atoms with E-state index in [4.69, 9.17) is 5.11 Å². The number of hydrogen-bond donors (Lipinski definition) is 2. The summed E-state index contributed by atoms with van der Waals surface area (Å²) in [6.07, 6.45) is 2.28. The van der Waals surface area contributed by atoms with Gasteiger partial charge in [0.1, 0.15) is 0 Å². The van der Waals surface area contributed by atoms with Gasteiger partial charge in [-0.25, -0.2) is 4.79 Å². The number of carboxylic acids is 1. The summed E-state index contributed by atoms with van der Waals surface area (Å²) in [4.78, 5) is 27.0. The third kappa shape index (κ3) is 4.67. The molecule has 0 aliphatic carbocycles. The second-order valence-electron chi connectivity index (χ2n) is 6.03. The molecule has 6 nitrogen and oxygen atoms in total. The quantitative estimate of drug-likeness (QED) is 0.766. The molecule has 0 aromatic carbocycles. The standard InChI is InChI=1S/C14H27N3O3/c1-10(2)12(13(18)19)8-15-14(20)17(4)9-11-6-5-7-16(11)3/h10-12H,5-9H2,1-4H3,(H,15,20)(H,18,19). The molecule has 1 rings (SSSR count). The summed E-state index contributed by atoms with van der Waals surface area (Å²) >= 11 is 0. The van der Waals surface area contributed by atoms with Gasteiger partial charge in [-0.15, -0.1) is 0 Å². The molecule has 1 fully saturated rings. The second-order valence-corrected chi connectivity index (χ2v) is 6.03. The van der Waals surface area contributed by atoms with E-state index >= 15 is 0 Å². The molecule has 2 N–H and O–H groups in total. The average Bonchev–Trinajstić information content (AvgIpc) is 2.74. The zero-order valence-corrected chi connectivity index (χ0v) is 12.9. The Morgan fingerprint density at radius 1 is 1.45 bits per heavy atom. The van der Waals surface area contributed by atoms with Crippen LogP contribution < -0.4 is 5.32 Å². The molecular weight excluding hydrogens is 258 g/mol. The van der Waals surface area contributed by atoms with Gasteiger partial charge in [0, 0.05) is 26.2 Å². The van der Waals surface area contributed by atoms with Gasteiger partial charge in [-0.1, -0.05) is 13.8 Å². The van der Waals surface area contributed by atoms with Crippen LogP contribution in [0.3, 0.4) is 0 Å². The Morgan fingerprint density at radius 3 is 2.55 bits per heavy atom. The van der Waals surface area contributed by atoms with Crippen LogP contribution in [0.4, 0.5) is 4.79 Å². The van der Waals surface area contributed by atoms with Crippen LogP contribution in [0.5, 0.6) is 0 Å². The van der Waals surface area contributed by atoms with Crippen molar-refractivity contribution >= 4 is 12.0 Å². The predicted molar refractivity (Wildman–Crippen MR) is 77.6 cm³/mol. The van der Waals surface area contributed by atoms with Crippen molar-refractivity contribution in [3.63, 3.8) is 0 Å². The van der Waals surface area contributed by atoms with Crippen LogP contribution in [0.1, 0.15) is 26.7 Å². The van der Waals surface area contributed by atoms with Crippen molar-refractivity contribution < 1.29 is 14.7 Å². The number of nitrogens with zero attached hydrogens (tertiary/aromatic N) is 2. The molecule has 0 bridgehead atoms. The van der Waals surface area contributed by atoms with Crippen molar-refractivity contribution in [1.82, 2.24) is 15.1 Å². The molecule has 0 aromatic rings. The number of hydrogen-bond acceptors (Lipinski definition) is 3. The molecule has 1 heterocycles. The van der Waals surface area contributed by atoms with Crippen LogP contribution in [-0.4, -0.2) is 66.7 Å². The van der Waals surface area contributed by atoms with Crippen molar-refractivity contribution in [2.24, 2.45) is 11.8 Å². The zero-order chi connectivity index (χ0) is 15.3. The maximum absolute atomic E-state index is 12.0. The lowest BCUT2D eigenvalue weighted by molar-refractivity contribution is -0.142. The summed E-state index contributed by atoms with van der Waals surface area (Å²) in [5, 5.41) is 11.8. The molecule has 2 unspecified atom stereocenters. The van der Waals surface area contributed by atoms with Gasteiger partial charge in [-0.05, 0) is 32.4 Å². The second kappa shape index (κ2) is 7.47. The summed E-state index contributed by atoms with van der Waals surface area (Å²) in [7, 11) is 3.83. The lowest BCUT2D eigenvalue weighted by Gasteiger charge is -2.26. The van der Waals surface area contributed by atoms with E-state index in [2.05, 4.69) is 17.3 Å². The number of nitrogens with one attached hydrogen (secondary N) is 1. The average molecular weight is 285 g/mol. The Kier molecular flexibility index (Phi) is 6.26. The number of aliphatic carboxylic acids is 1. The number of carboxylic acid groups (broad SMARTS) is 1. The van der Waals surface area contributed by atoms with Gasteiger partial charge >= 0.3 is 12.0 Å². The van der Waals surface area contributed by atoms with Crippen LogP contribution >= 0.6 is 0 Å². The smallest absolute Gasteiger partial charge is 0.317 e. The fraction of sp³-hybridized carbons (Fsp3) is 0.857. The Balaban J connectivity index is 2.39. The fourth-order valence-corrected chi connectivity index (χ4v) is 2.55. The first-order valence-electron chi connectivity index (χ1n) is 7.25. The van der Waals surface area contributed by atoms with Crippen molar-refractivity contribution in [3.8, 4) is 0 Å². The molecule has 1 saturated heterocycles. The first-order valence-corrected chi connectivity index (χ1v) is 7.25. The van der Waals surface area contributed by atoms with Gasteiger partial charge in [0.15, 0.2) is 0 Å². The Labute approximate surface area is 121 Å². The number of rotatable bonds is 6. The monoisotopic (exact) mass is 285 g/mol. The first-order chi connectivity index (χ1) is 9.32. The normalized spacial score (nSPS) is 20.9. The topological polar surface area (TPSA) is 72.9 Å². The molecule has 2 atom stereocenters. The van der Waals surface area contributed by atoms with E-state index in [0.29, 0.717) is 12.6 Å². The lowest BCUT2D eigenvalue weighted by Crippen LogP contribution is -2.46. The minimum absolute atomic E-state index is 0.000860. The van der Waals surface area contributed by atoms with E-state index in [1.54, 1.807) is 11.9 Å². The van der Waals surface area contributed by atoms with E-state index in [-0.39, 0.29) is 18.5 Å². The van der Waals surface area contributed by atoms with Crippen LogP contribution in [0.15, 0.2) is 0 Å². The number of urea groups is 1. The van der Waals surface area contributed by atoms with E-state index in [9.17, 15) is 9.59 Å². The zero-order valence-electron chi connectivity index (χ0n) is 12.9. The molecule has 20 heavy (non-hydrogen) atoms. The van der Waals surface area contributed by atoms with E-state index in [1.165, 1.54) is 6.42 Å². The number of likely N-dealkylation sites (tertiary alicyclic amines) is 1. The van der Waals surface area contributed by atoms with Gasteiger partial charge in [0.25, 0.3) is 0 Å². The van der Waals surface area contributed by atoms with Gasteiger partial charge in [-0.2, -0.15) is 0 Å². The molecular formula is C14H27N3O3. The SMILES string of the molecule is CC(C)C(CNC(=O)N(C)CC1CCCN1C)C(=O)O. The van der Waals surface area contributed by atoms with Crippen molar-refractivity contribution in [2.45, 2.75) is 32.7 Å². The number of carbonyl (C=O) groups is 2. The highest BCUT2D eigenvalue weighted by Crippen LogP contribution is 2.15. The molecule has 6 heteroatoms. The van der Waals surface area contributed by atoms with Crippen molar-refractivity contribution in [2.75, 3.05) is 33.7 Å². The van der Waals surface area contributed by atoms with Gasteiger partial charge in [-0.3, -0.25) is 4.79 Å². The minimum atomic E-state index is -0.863. The lowest BCUT2D eigenvalue weighted by atomic mass is 9.96. The van der Waals surface area contributed by atoms with Crippen LogP contribution in [0.25, 0.3) is 0 Å². The Hall–Kier alpha value is -1.30. The Bertz CT molecular complexity index is 347. The Morgan fingerprint density at radius 2 is 2.10 bits per heavy atom. The summed E-state index contributed by atoms with van der Waals surface area (Å²) in [6, 6.07) is 0.211. The van der Waals surface area contributed by atoms with Crippen molar-refractivity contribution in [3.05, 3.63) is 0 Å². The molecule has 0 radical (unpaired) electrons. The van der Waals surface area contributed by atoms with Gasteiger partial charge in [0.2, 0.25) is 0 Å². The third-order valence-corrected chi connectivity index (χ3v) is 4.10. The molecule has 2 amide bonds. The highest BCUT2D eigenvalue weighted by molar-refractivity contribution is 5.76. The van der Waals surface area contributed by atoms with Crippen LogP contribution in [0, 0.1) is 11.8 Å². The number of amides is 2. The summed E-state index contributed by atoms with van der Waals surface area (Å²) < 4.78 is 0. The van der Waals surface area contributed by atoms with E-state index in [1.807, 2.05) is 13.8 Å². The third-order valence-electron chi connectivity index (χ3n) is 4.10. The van der Waals surface area contributed by atoms with Crippen LogP contribution in [0.2, 0.25) is 0 Å². The molecule has 0 saturated carbocycles. The molecule has 1 aliphatic rings. The van der Waals surface area contributed by atoms with E-state index in [0.717, 1.165) is 13.0 Å². The highest BCUT2D eigenvalue weighted by atomic mass is 16.4. The summed E-state index contributed by atoms with van der Waals surface area (Å²) in [5.74, 6) is -1.40. The van der Waals surface area contributed by atoms with Gasteiger partial charge in [0.05, 0.1) is 5.92 Å². The fourth-order valence-electron chi connectivity index (χ4n) is 2.55. The predicted octanol–water partition coefficient (Wildman–Crippen LogP) is 1.08. The molecule has 116 valence electrons. The number of carbonyl (C=O) groups excluding carboxylic acids is 1. The highest BCUT2D eigenvalue weighted by Gasteiger charge is 2.25.